The second kappa shape index (κ2) is 7.49. The van der Waals surface area contributed by atoms with E-state index in [1.54, 1.807) is 18.7 Å². The SMILES string of the molecule is CSC[C@@](C)(O)CNC(=O)C1(c2ccccc2)CCOCC1. The molecule has 4 nitrogen and oxygen atoms in total. The van der Waals surface area contributed by atoms with E-state index >= 15 is 0 Å². The van der Waals surface area contributed by atoms with Crippen molar-refractivity contribution < 1.29 is 14.6 Å². The van der Waals surface area contributed by atoms with Gasteiger partial charge in [-0.3, -0.25) is 4.79 Å². The first-order valence-electron chi connectivity index (χ1n) is 7.63. The predicted octanol–water partition coefficient (Wildman–Crippen LogP) is 1.96. The third-order valence-electron chi connectivity index (χ3n) is 4.19. The lowest BCUT2D eigenvalue weighted by Gasteiger charge is -2.37. The van der Waals surface area contributed by atoms with E-state index in [1.807, 2.05) is 36.6 Å². The van der Waals surface area contributed by atoms with Crippen molar-refractivity contribution in [3.8, 4) is 0 Å². The Morgan fingerprint density at radius 3 is 2.59 bits per heavy atom. The number of amides is 1. The standard InChI is InChI=1S/C17H25NO3S/c1-16(20,13-22-2)12-18-15(19)17(8-10-21-11-9-17)14-6-4-3-5-7-14/h3-7,20H,8-13H2,1-2H3,(H,18,19)/t16-/m0/s1. The van der Waals surface area contributed by atoms with Gasteiger partial charge in [-0.2, -0.15) is 11.8 Å². The van der Waals surface area contributed by atoms with E-state index in [1.165, 1.54) is 0 Å². The first-order chi connectivity index (χ1) is 10.5. The summed E-state index contributed by atoms with van der Waals surface area (Å²) in [6.07, 6.45) is 3.29. The Balaban J connectivity index is 2.14. The van der Waals surface area contributed by atoms with Crippen LogP contribution in [-0.4, -0.2) is 48.4 Å². The quantitative estimate of drug-likeness (QED) is 0.840. The third-order valence-corrected chi connectivity index (χ3v) is 5.10. The van der Waals surface area contributed by atoms with Crippen LogP contribution in [0, 0.1) is 0 Å². The number of rotatable bonds is 6. The molecular formula is C17H25NO3S. The van der Waals surface area contributed by atoms with Crippen LogP contribution in [0.5, 0.6) is 0 Å². The number of benzene rings is 1. The van der Waals surface area contributed by atoms with Crippen molar-refractivity contribution in [1.82, 2.24) is 5.32 Å². The lowest BCUT2D eigenvalue weighted by molar-refractivity contribution is -0.131. The molecule has 122 valence electrons. The zero-order valence-corrected chi connectivity index (χ0v) is 14.1. The summed E-state index contributed by atoms with van der Waals surface area (Å²) in [5.74, 6) is 0.581. The van der Waals surface area contributed by atoms with Crippen molar-refractivity contribution in [2.24, 2.45) is 0 Å². The smallest absolute Gasteiger partial charge is 0.230 e. The van der Waals surface area contributed by atoms with Crippen molar-refractivity contribution in [2.75, 3.05) is 31.8 Å². The molecule has 1 aromatic carbocycles. The summed E-state index contributed by atoms with van der Waals surface area (Å²) in [4.78, 5) is 12.9. The van der Waals surface area contributed by atoms with E-state index in [2.05, 4.69) is 5.32 Å². The number of hydrogen-bond acceptors (Lipinski definition) is 4. The molecule has 0 aliphatic carbocycles. The Kier molecular flexibility index (Phi) is 5.89. The second-order valence-electron chi connectivity index (χ2n) is 6.17. The summed E-state index contributed by atoms with van der Waals surface area (Å²) >= 11 is 1.57. The highest BCUT2D eigenvalue weighted by atomic mass is 32.2. The molecule has 1 saturated heterocycles. The maximum absolute atomic E-state index is 12.9. The molecule has 1 amide bonds. The van der Waals surface area contributed by atoms with Gasteiger partial charge in [-0.05, 0) is 31.6 Å². The molecule has 1 aliphatic rings. The molecule has 1 atom stereocenters. The molecule has 1 fully saturated rings. The molecule has 1 aliphatic heterocycles. The van der Waals surface area contributed by atoms with Crippen molar-refractivity contribution >= 4 is 17.7 Å². The minimum absolute atomic E-state index is 0.0108. The summed E-state index contributed by atoms with van der Waals surface area (Å²) in [5, 5.41) is 13.2. The van der Waals surface area contributed by atoms with Crippen molar-refractivity contribution in [3.63, 3.8) is 0 Å². The molecule has 22 heavy (non-hydrogen) atoms. The Morgan fingerprint density at radius 2 is 2.00 bits per heavy atom. The van der Waals surface area contributed by atoms with Crippen LogP contribution in [-0.2, 0) is 14.9 Å². The van der Waals surface area contributed by atoms with E-state index in [9.17, 15) is 9.90 Å². The lowest BCUT2D eigenvalue weighted by atomic mass is 9.73. The molecule has 0 spiro atoms. The Hall–Kier alpha value is -1.04. The van der Waals surface area contributed by atoms with Crippen LogP contribution in [0.1, 0.15) is 25.3 Å². The van der Waals surface area contributed by atoms with Gasteiger partial charge in [0.25, 0.3) is 0 Å². The van der Waals surface area contributed by atoms with Crippen LogP contribution < -0.4 is 5.32 Å². The summed E-state index contributed by atoms with van der Waals surface area (Å²) in [7, 11) is 0. The van der Waals surface area contributed by atoms with Gasteiger partial charge >= 0.3 is 0 Å². The van der Waals surface area contributed by atoms with Gasteiger partial charge in [0.1, 0.15) is 0 Å². The molecular weight excluding hydrogens is 298 g/mol. The van der Waals surface area contributed by atoms with Crippen molar-refractivity contribution in [3.05, 3.63) is 35.9 Å². The molecule has 1 heterocycles. The number of ether oxygens (including phenoxy) is 1. The summed E-state index contributed by atoms with van der Waals surface area (Å²) in [6, 6.07) is 9.89. The van der Waals surface area contributed by atoms with Gasteiger partial charge in [0.05, 0.1) is 11.0 Å². The average molecular weight is 323 g/mol. The van der Waals surface area contributed by atoms with Crippen molar-refractivity contribution in [2.45, 2.75) is 30.8 Å². The first-order valence-corrected chi connectivity index (χ1v) is 9.02. The normalized spacial score (nSPS) is 20.1. The topological polar surface area (TPSA) is 58.6 Å². The number of carbonyl (C=O) groups is 1. The number of thioether (sulfide) groups is 1. The van der Waals surface area contributed by atoms with Gasteiger partial charge in [0.2, 0.25) is 5.91 Å². The van der Waals surface area contributed by atoms with E-state index in [0.29, 0.717) is 31.8 Å². The first kappa shape index (κ1) is 17.3. The Labute approximate surface area is 136 Å². The minimum Gasteiger partial charge on any atom is -0.387 e. The van der Waals surface area contributed by atoms with Crippen LogP contribution in [0.25, 0.3) is 0 Å². The number of nitrogens with one attached hydrogen (secondary N) is 1. The largest absolute Gasteiger partial charge is 0.387 e. The summed E-state index contributed by atoms with van der Waals surface area (Å²) in [5.41, 5.74) is -0.409. The number of aliphatic hydroxyl groups is 1. The minimum atomic E-state index is -0.891. The van der Waals surface area contributed by atoms with Crippen molar-refractivity contribution in [1.29, 1.82) is 0 Å². The van der Waals surface area contributed by atoms with Crippen LogP contribution >= 0.6 is 11.8 Å². The fraction of sp³-hybridized carbons (Fsp3) is 0.588. The monoisotopic (exact) mass is 323 g/mol. The van der Waals surface area contributed by atoms with Gasteiger partial charge < -0.3 is 15.2 Å². The van der Waals surface area contributed by atoms with E-state index < -0.39 is 11.0 Å². The fourth-order valence-electron chi connectivity index (χ4n) is 2.93. The second-order valence-corrected chi connectivity index (χ2v) is 7.04. The lowest BCUT2D eigenvalue weighted by Crippen LogP contribution is -2.52. The highest BCUT2D eigenvalue weighted by Crippen LogP contribution is 2.35. The van der Waals surface area contributed by atoms with E-state index in [4.69, 9.17) is 4.74 Å². The third kappa shape index (κ3) is 4.03. The molecule has 2 N–H and O–H groups in total. The van der Waals surface area contributed by atoms with Gasteiger partial charge in [0, 0.05) is 25.5 Å². The number of hydrogen-bond donors (Lipinski definition) is 2. The zero-order valence-electron chi connectivity index (χ0n) is 13.3. The van der Waals surface area contributed by atoms with Crippen LogP contribution in [0.4, 0.5) is 0 Å². The molecule has 1 aromatic rings. The van der Waals surface area contributed by atoms with Gasteiger partial charge in [-0.1, -0.05) is 30.3 Å². The Bertz CT molecular complexity index is 484. The van der Waals surface area contributed by atoms with Crippen LogP contribution in [0.3, 0.4) is 0 Å². The van der Waals surface area contributed by atoms with Crippen LogP contribution in [0.15, 0.2) is 30.3 Å². The molecule has 0 radical (unpaired) electrons. The van der Waals surface area contributed by atoms with Crippen LogP contribution in [0.2, 0.25) is 0 Å². The molecule has 0 aromatic heterocycles. The maximum atomic E-state index is 12.9. The van der Waals surface area contributed by atoms with Gasteiger partial charge in [-0.25, -0.2) is 0 Å². The van der Waals surface area contributed by atoms with E-state index in [-0.39, 0.29) is 12.5 Å². The summed E-state index contributed by atoms with van der Waals surface area (Å²) in [6.45, 7) is 3.19. The Morgan fingerprint density at radius 1 is 1.36 bits per heavy atom. The van der Waals surface area contributed by atoms with E-state index in [0.717, 1.165) is 5.56 Å². The maximum Gasteiger partial charge on any atom is 0.230 e. The highest BCUT2D eigenvalue weighted by molar-refractivity contribution is 7.98. The molecule has 0 bridgehead atoms. The number of carbonyl (C=O) groups excluding carboxylic acids is 1. The average Bonchev–Trinajstić information content (AvgIpc) is 2.54. The molecule has 2 rings (SSSR count). The molecule has 0 saturated carbocycles. The summed E-state index contributed by atoms with van der Waals surface area (Å²) < 4.78 is 5.45. The molecule has 0 unspecified atom stereocenters. The van der Waals surface area contributed by atoms with Gasteiger partial charge in [-0.15, -0.1) is 0 Å². The highest BCUT2D eigenvalue weighted by Gasteiger charge is 2.42. The molecule has 5 heteroatoms. The predicted molar refractivity (Wildman–Crippen MR) is 90.2 cm³/mol. The zero-order chi connectivity index (χ0) is 16.1. The van der Waals surface area contributed by atoms with Gasteiger partial charge in [0.15, 0.2) is 0 Å². The fourth-order valence-corrected chi connectivity index (χ4v) is 3.65.